The molecule has 0 aliphatic carbocycles. The normalized spacial score (nSPS) is 11.3. The van der Waals surface area contributed by atoms with E-state index in [1.807, 2.05) is 0 Å². The van der Waals surface area contributed by atoms with Crippen LogP contribution in [0, 0.1) is 13.8 Å². The number of anilines is 1. The number of hydrogen-bond acceptors (Lipinski definition) is 5. The second-order valence-corrected chi connectivity index (χ2v) is 6.65. The van der Waals surface area contributed by atoms with Gasteiger partial charge in [0.05, 0.1) is 0 Å². The molecule has 0 bridgehead atoms. The minimum absolute atomic E-state index is 0.0287. The van der Waals surface area contributed by atoms with Crippen LogP contribution >= 0.6 is 0 Å². The van der Waals surface area contributed by atoms with E-state index in [0.29, 0.717) is 16.9 Å². The number of rotatable bonds is 4. The number of sulfonamides is 1. The van der Waals surface area contributed by atoms with Gasteiger partial charge in [-0.2, -0.15) is 0 Å². The van der Waals surface area contributed by atoms with Gasteiger partial charge in [-0.1, -0.05) is 5.16 Å². The van der Waals surface area contributed by atoms with E-state index in [-0.39, 0.29) is 16.6 Å². The Kier molecular flexibility index (Phi) is 4.23. The summed E-state index contributed by atoms with van der Waals surface area (Å²) >= 11 is 0. The van der Waals surface area contributed by atoms with Gasteiger partial charge in [-0.15, -0.1) is 0 Å². The Labute approximate surface area is 129 Å². The molecule has 22 heavy (non-hydrogen) atoms. The van der Waals surface area contributed by atoms with Crippen molar-refractivity contribution in [2.45, 2.75) is 18.7 Å². The molecule has 0 aliphatic rings. The second-order valence-electron chi connectivity index (χ2n) is 5.04. The minimum atomic E-state index is -3.78. The highest BCUT2D eigenvalue weighted by Crippen LogP contribution is 2.22. The van der Waals surface area contributed by atoms with Gasteiger partial charge in [-0.05, 0) is 38.1 Å². The van der Waals surface area contributed by atoms with E-state index in [2.05, 4.69) is 9.88 Å². The summed E-state index contributed by atoms with van der Waals surface area (Å²) in [7, 11) is -0.484. The monoisotopic (exact) mass is 323 g/mol. The Bertz CT molecular complexity index is 772. The van der Waals surface area contributed by atoms with E-state index in [4.69, 9.17) is 4.52 Å². The van der Waals surface area contributed by atoms with Crippen molar-refractivity contribution in [2.75, 3.05) is 18.8 Å². The van der Waals surface area contributed by atoms with Gasteiger partial charge < -0.3 is 9.42 Å². The number of benzene rings is 1. The molecule has 0 atom stereocenters. The molecule has 1 amide bonds. The average Bonchev–Trinajstić information content (AvgIpc) is 2.78. The lowest BCUT2D eigenvalue weighted by Gasteiger charge is -2.11. The molecule has 2 aromatic rings. The van der Waals surface area contributed by atoms with E-state index >= 15 is 0 Å². The maximum absolute atomic E-state index is 12.3. The molecular weight excluding hydrogens is 306 g/mol. The van der Waals surface area contributed by atoms with Crippen LogP contribution in [0.4, 0.5) is 5.69 Å². The Morgan fingerprint density at radius 1 is 1.18 bits per heavy atom. The molecule has 0 saturated carbocycles. The lowest BCUT2D eigenvalue weighted by molar-refractivity contribution is 0.0827. The van der Waals surface area contributed by atoms with Gasteiger partial charge in [0.1, 0.15) is 5.69 Å². The summed E-state index contributed by atoms with van der Waals surface area (Å²) in [5.74, 6) is 0.0736. The van der Waals surface area contributed by atoms with Crippen molar-refractivity contribution >= 4 is 21.6 Å². The van der Waals surface area contributed by atoms with Crippen LogP contribution in [0.1, 0.15) is 21.8 Å². The van der Waals surface area contributed by atoms with Gasteiger partial charge in [0.25, 0.3) is 15.9 Å². The molecule has 1 aromatic heterocycles. The van der Waals surface area contributed by atoms with Gasteiger partial charge in [0.15, 0.2) is 10.7 Å². The van der Waals surface area contributed by atoms with E-state index in [9.17, 15) is 13.2 Å². The number of carbonyl (C=O) groups is 1. The quantitative estimate of drug-likeness (QED) is 0.926. The fraction of sp³-hybridized carbons (Fsp3) is 0.286. The Morgan fingerprint density at radius 3 is 2.23 bits per heavy atom. The zero-order valence-electron chi connectivity index (χ0n) is 12.7. The van der Waals surface area contributed by atoms with Crippen LogP contribution in [0.25, 0.3) is 0 Å². The molecule has 0 spiro atoms. The SMILES string of the molecule is Cc1noc(C)c1S(=O)(=O)Nc1ccc(C(=O)N(C)C)cc1. The standard InChI is InChI=1S/C14H17N3O4S/c1-9-13(10(2)21-15-9)22(19,20)16-12-7-5-11(6-8-12)14(18)17(3)4/h5-8,16H,1-4H3. The lowest BCUT2D eigenvalue weighted by atomic mass is 10.2. The van der Waals surface area contributed by atoms with Crippen molar-refractivity contribution in [3.63, 3.8) is 0 Å². The van der Waals surface area contributed by atoms with Crippen LogP contribution < -0.4 is 4.72 Å². The molecule has 1 heterocycles. The molecule has 118 valence electrons. The van der Waals surface area contributed by atoms with E-state index in [0.717, 1.165) is 0 Å². The van der Waals surface area contributed by atoms with Crippen LogP contribution in [-0.4, -0.2) is 38.5 Å². The van der Waals surface area contributed by atoms with Gasteiger partial charge in [0, 0.05) is 25.3 Å². The van der Waals surface area contributed by atoms with Gasteiger partial charge in [-0.25, -0.2) is 8.42 Å². The number of hydrogen-bond donors (Lipinski definition) is 1. The molecule has 2 rings (SSSR count). The number of carbonyl (C=O) groups excluding carboxylic acids is 1. The third-order valence-electron chi connectivity index (χ3n) is 3.03. The minimum Gasteiger partial charge on any atom is -0.360 e. The third kappa shape index (κ3) is 3.11. The van der Waals surface area contributed by atoms with Gasteiger partial charge in [0.2, 0.25) is 0 Å². The topological polar surface area (TPSA) is 92.5 Å². The molecule has 0 saturated heterocycles. The predicted molar refractivity (Wildman–Crippen MR) is 81.2 cm³/mol. The average molecular weight is 323 g/mol. The first kappa shape index (κ1) is 16.0. The van der Waals surface area contributed by atoms with Crippen molar-refractivity contribution in [1.29, 1.82) is 0 Å². The molecule has 0 unspecified atom stereocenters. The molecule has 8 heteroatoms. The van der Waals surface area contributed by atoms with Crippen LogP contribution in [0.5, 0.6) is 0 Å². The summed E-state index contributed by atoms with van der Waals surface area (Å²) in [5.41, 5.74) is 1.13. The fourth-order valence-electron chi connectivity index (χ4n) is 2.00. The summed E-state index contributed by atoms with van der Waals surface area (Å²) in [5, 5.41) is 3.64. The summed E-state index contributed by atoms with van der Waals surface area (Å²) in [6.45, 7) is 3.09. The molecular formula is C14H17N3O4S. The van der Waals surface area contributed by atoms with Crippen LogP contribution in [0.2, 0.25) is 0 Å². The molecule has 1 N–H and O–H groups in total. The van der Waals surface area contributed by atoms with Crippen LogP contribution in [0.15, 0.2) is 33.7 Å². The molecule has 0 aliphatic heterocycles. The Hall–Kier alpha value is -2.35. The summed E-state index contributed by atoms with van der Waals surface area (Å²) in [6.07, 6.45) is 0. The van der Waals surface area contributed by atoms with Crippen molar-refractivity contribution in [3.05, 3.63) is 41.3 Å². The van der Waals surface area contributed by atoms with Crippen molar-refractivity contribution in [1.82, 2.24) is 10.1 Å². The lowest BCUT2D eigenvalue weighted by Crippen LogP contribution is -2.21. The molecule has 0 fully saturated rings. The number of aromatic nitrogens is 1. The van der Waals surface area contributed by atoms with Gasteiger partial charge >= 0.3 is 0 Å². The van der Waals surface area contributed by atoms with Crippen molar-refractivity contribution in [2.24, 2.45) is 0 Å². The number of nitrogens with one attached hydrogen (secondary N) is 1. The molecule has 0 radical (unpaired) electrons. The van der Waals surface area contributed by atoms with Crippen LogP contribution in [0.3, 0.4) is 0 Å². The van der Waals surface area contributed by atoms with Crippen LogP contribution in [-0.2, 0) is 10.0 Å². The Morgan fingerprint density at radius 2 is 1.77 bits per heavy atom. The zero-order chi connectivity index (χ0) is 16.5. The van der Waals surface area contributed by atoms with E-state index < -0.39 is 10.0 Å². The summed E-state index contributed by atoms with van der Waals surface area (Å²) in [4.78, 5) is 13.3. The first-order valence-electron chi connectivity index (χ1n) is 6.50. The molecule has 7 nitrogen and oxygen atoms in total. The predicted octanol–water partition coefficient (Wildman–Crippen LogP) is 1.79. The second kappa shape index (κ2) is 5.80. The van der Waals surface area contributed by atoms with Crippen molar-refractivity contribution < 1.29 is 17.7 Å². The highest BCUT2D eigenvalue weighted by atomic mass is 32.2. The summed E-state index contributed by atoms with van der Waals surface area (Å²) in [6, 6.07) is 6.19. The fourth-order valence-corrected chi connectivity index (χ4v) is 3.39. The maximum atomic E-state index is 12.3. The van der Waals surface area contributed by atoms with E-state index in [1.165, 1.54) is 24.0 Å². The maximum Gasteiger partial charge on any atom is 0.267 e. The number of nitrogens with zero attached hydrogens (tertiary/aromatic N) is 2. The highest BCUT2D eigenvalue weighted by molar-refractivity contribution is 7.92. The van der Waals surface area contributed by atoms with Gasteiger partial charge in [-0.3, -0.25) is 9.52 Å². The first-order chi connectivity index (χ1) is 10.2. The zero-order valence-corrected chi connectivity index (χ0v) is 13.6. The largest absolute Gasteiger partial charge is 0.360 e. The van der Waals surface area contributed by atoms with E-state index in [1.54, 1.807) is 33.2 Å². The highest BCUT2D eigenvalue weighted by Gasteiger charge is 2.24. The van der Waals surface area contributed by atoms with Crippen molar-refractivity contribution in [3.8, 4) is 0 Å². The third-order valence-corrected chi connectivity index (χ3v) is 4.65. The summed E-state index contributed by atoms with van der Waals surface area (Å²) < 4.78 is 32.0. The first-order valence-corrected chi connectivity index (χ1v) is 7.98. The smallest absolute Gasteiger partial charge is 0.267 e. The number of amides is 1. The number of aryl methyl sites for hydroxylation is 2. The Balaban J connectivity index is 2.26. The molecule has 1 aromatic carbocycles.